The molecule has 5 nitrogen and oxygen atoms in total. The van der Waals surface area contributed by atoms with Crippen molar-refractivity contribution < 1.29 is 4.79 Å². The van der Waals surface area contributed by atoms with Crippen molar-refractivity contribution in [2.75, 3.05) is 39.3 Å². The lowest BCUT2D eigenvalue weighted by Gasteiger charge is -2.42. The number of likely N-dealkylation sites (tertiary alicyclic amines) is 3. The molecule has 1 aromatic rings. The Morgan fingerprint density at radius 3 is 2.61 bits per heavy atom. The molecule has 1 atom stereocenters. The van der Waals surface area contributed by atoms with Gasteiger partial charge in [0, 0.05) is 51.0 Å². The van der Waals surface area contributed by atoms with Gasteiger partial charge in [0.2, 0.25) is 5.91 Å². The van der Waals surface area contributed by atoms with E-state index in [2.05, 4.69) is 25.8 Å². The fourth-order valence-electron chi connectivity index (χ4n) is 5.31. The molecule has 0 aromatic carbocycles. The number of nitrogens with zero attached hydrogens (tertiary/aromatic N) is 4. The molecule has 5 heteroatoms. The number of hydrogen-bond donors (Lipinski definition) is 0. The third-order valence-corrected chi connectivity index (χ3v) is 6.98. The first-order valence-corrected chi connectivity index (χ1v) is 11.4. The smallest absolute Gasteiger partial charge is 0.222 e. The molecule has 1 aromatic heterocycles. The third kappa shape index (κ3) is 5.32. The molecule has 3 fully saturated rings. The fourth-order valence-corrected chi connectivity index (χ4v) is 5.31. The predicted octanol–water partition coefficient (Wildman–Crippen LogP) is 3.16. The van der Waals surface area contributed by atoms with Crippen molar-refractivity contribution in [2.24, 2.45) is 5.92 Å². The summed E-state index contributed by atoms with van der Waals surface area (Å²) in [5.74, 6) is 1.12. The van der Waals surface area contributed by atoms with Gasteiger partial charge in [-0.1, -0.05) is 6.07 Å². The number of hydrogen-bond acceptors (Lipinski definition) is 4. The Bertz CT molecular complexity index is 608. The molecule has 0 radical (unpaired) electrons. The van der Waals surface area contributed by atoms with Crippen molar-refractivity contribution in [1.29, 1.82) is 0 Å². The monoisotopic (exact) mass is 384 g/mol. The minimum Gasteiger partial charge on any atom is -0.343 e. The van der Waals surface area contributed by atoms with Crippen LogP contribution in [0.5, 0.6) is 0 Å². The largest absolute Gasteiger partial charge is 0.343 e. The van der Waals surface area contributed by atoms with Gasteiger partial charge >= 0.3 is 0 Å². The first-order chi connectivity index (χ1) is 13.8. The van der Waals surface area contributed by atoms with Crippen LogP contribution in [0.1, 0.15) is 56.9 Å². The molecule has 0 N–H and O–H groups in total. The van der Waals surface area contributed by atoms with Crippen molar-refractivity contribution in [3.8, 4) is 0 Å². The van der Waals surface area contributed by atoms with Gasteiger partial charge in [0.05, 0.1) is 0 Å². The summed E-state index contributed by atoms with van der Waals surface area (Å²) in [6, 6.07) is 4.95. The average Bonchev–Trinajstić information content (AvgIpc) is 3.29. The standard InChI is InChI=1S/C23H36N4O/c28-23(26-12-1-2-13-26)8-7-20-6-4-14-27(19-20)22-9-15-25(16-10-22)18-21-5-3-11-24-17-21/h3,5,11,17,20,22H,1-2,4,6-10,12-16,18-19H2. The molecule has 1 unspecified atom stereocenters. The minimum atomic E-state index is 0.401. The topological polar surface area (TPSA) is 39.7 Å². The molecule has 0 aliphatic carbocycles. The Morgan fingerprint density at radius 1 is 1.04 bits per heavy atom. The van der Waals surface area contributed by atoms with Crippen LogP contribution >= 0.6 is 0 Å². The maximum Gasteiger partial charge on any atom is 0.222 e. The summed E-state index contributed by atoms with van der Waals surface area (Å²) in [5, 5.41) is 0. The van der Waals surface area contributed by atoms with E-state index in [1.807, 2.05) is 18.5 Å². The number of piperidine rings is 2. The Kier molecular flexibility index (Phi) is 6.97. The zero-order valence-electron chi connectivity index (χ0n) is 17.3. The highest BCUT2D eigenvalue weighted by atomic mass is 16.2. The van der Waals surface area contributed by atoms with Crippen LogP contribution in [-0.2, 0) is 11.3 Å². The third-order valence-electron chi connectivity index (χ3n) is 6.98. The number of amides is 1. The molecule has 1 amide bonds. The van der Waals surface area contributed by atoms with Crippen molar-refractivity contribution in [3.63, 3.8) is 0 Å². The molecule has 4 heterocycles. The lowest BCUT2D eigenvalue weighted by atomic mass is 9.90. The second-order valence-electron chi connectivity index (χ2n) is 9.00. The summed E-state index contributed by atoms with van der Waals surface area (Å²) in [6.07, 6.45) is 13.3. The van der Waals surface area contributed by atoms with Crippen molar-refractivity contribution >= 4 is 5.91 Å². The van der Waals surface area contributed by atoms with Crippen molar-refractivity contribution in [1.82, 2.24) is 19.7 Å². The van der Waals surface area contributed by atoms with Gasteiger partial charge < -0.3 is 9.80 Å². The van der Waals surface area contributed by atoms with Crippen LogP contribution in [0.4, 0.5) is 0 Å². The number of carbonyl (C=O) groups is 1. The molecule has 4 rings (SSSR count). The van der Waals surface area contributed by atoms with E-state index in [4.69, 9.17) is 0 Å². The summed E-state index contributed by atoms with van der Waals surface area (Å²) in [6.45, 7) is 7.86. The lowest BCUT2D eigenvalue weighted by Crippen LogP contribution is -2.48. The van der Waals surface area contributed by atoms with Gasteiger partial charge in [0.15, 0.2) is 0 Å². The second-order valence-corrected chi connectivity index (χ2v) is 9.00. The van der Waals surface area contributed by atoms with Crippen LogP contribution in [0.15, 0.2) is 24.5 Å². The van der Waals surface area contributed by atoms with E-state index < -0.39 is 0 Å². The molecular formula is C23H36N4O. The summed E-state index contributed by atoms with van der Waals surface area (Å²) >= 11 is 0. The van der Waals surface area contributed by atoms with Crippen LogP contribution in [0.2, 0.25) is 0 Å². The molecule has 0 saturated carbocycles. The highest BCUT2D eigenvalue weighted by Crippen LogP contribution is 2.27. The van der Waals surface area contributed by atoms with Gasteiger partial charge in [0.25, 0.3) is 0 Å². The summed E-state index contributed by atoms with van der Waals surface area (Å²) < 4.78 is 0. The van der Waals surface area contributed by atoms with E-state index in [1.54, 1.807) is 0 Å². The van der Waals surface area contributed by atoms with Gasteiger partial charge in [-0.15, -0.1) is 0 Å². The number of rotatable bonds is 6. The Morgan fingerprint density at radius 2 is 1.86 bits per heavy atom. The van der Waals surface area contributed by atoms with Gasteiger partial charge in [-0.3, -0.25) is 14.7 Å². The normalized spacial score (nSPS) is 25.3. The van der Waals surface area contributed by atoms with Gasteiger partial charge in [-0.25, -0.2) is 0 Å². The highest BCUT2D eigenvalue weighted by molar-refractivity contribution is 5.76. The van der Waals surface area contributed by atoms with Crippen LogP contribution in [-0.4, -0.2) is 70.9 Å². The maximum atomic E-state index is 12.4. The Hall–Kier alpha value is -1.46. The van der Waals surface area contributed by atoms with Crippen LogP contribution < -0.4 is 0 Å². The SMILES string of the molecule is O=C(CCC1CCCN(C2CCN(Cc3cccnc3)CC2)C1)N1CCCC1. The molecule has 28 heavy (non-hydrogen) atoms. The van der Waals surface area contributed by atoms with E-state index >= 15 is 0 Å². The second kappa shape index (κ2) is 9.84. The molecule has 3 aliphatic heterocycles. The van der Waals surface area contributed by atoms with E-state index in [0.29, 0.717) is 11.8 Å². The lowest BCUT2D eigenvalue weighted by molar-refractivity contribution is -0.130. The van der Waals surface area contributed by atoms with Crippen LogP contribution in [0.3, 0.4) is 0 Å². The Labute approximate surface area is 170 Å². The number of aromatic nitrogens is 1. The van der Waals surface area contributed by atoms with Crippen LogP contribution in [0.25, 0.3) is 0 Å². The molecule has 0 bridgehead atoms. The number of pyridine rings is 1. The van der Waals surface area contributed by atoms with E-state index in [-0.39, 0.29) is 0 Å². The molecule has 0 spiro atoms. The molecule has 3 aliphatic rings. The Balaban J connectivity index is 1.19. The minimum absolute atomic E-state index is 0.401. The van der Waals surface area contributed by atoms with E-state index in [9.17, 15) is 4.79 Å². The predicted molar refractivity (Wildman–Crippen MR) is 112 cm³/mol. The summed E-state index contributed by atoms with van der Waals surface area (Å²) in [5.41, 5.74) is 1.32. The summed E-state index contributed by atoms with van der Waals surface area (Å²) in [4.78, 5) is 24.0. The van der Waals surface area contributed by atoms with Crippen molar-refractivity contribution in [3.05, 3.63) is 30.1 Å². The zero-order chi connectivity index (χ0) is 19.2. The zero-order valence-corrected chi connectivity index (χ0v) is 17.3. The quantitative estimate of drug-likeness (QED) is 0.755. The number of carbonyl (C=O) groups excluding carboxylic acids is 1. The molecule has 154 valence electrons. The fraction of sp³-hybridized carbons (Fsp3) is 0.739. The summed E-state index contributed by atoms with van der Waals surface area (Å²) in [7, 11) is 0. The molecular weight excluding hydrogens is 348 g/mol. The average molecular weight is 385 g/mol. The molecule has 3 saturated heterocycles. The maximum absolute atomic E-state index is 12.4. The van der Waals surface area contributed by atoms with Gasteiger partial charge in [0.1, 0.15) is 0 Å². The van der Waals surface area contributed by atoms with Crippen molar-refractivity contribution in [2.45, 2.75) is 64.0 Å². The van der Waals surface area contributed by atoms with Gasteiger partial charge in [-0.2, -0.15) is 0 Å². The van der Waals surface area contributed by atoms with Crippen LogP contribution in [0, 0.1) is 5.92 Å². The first kappa shape index (κ1) is 19.8. The first-order valence-electron chi connectivity index (χ1n) is 11.4. The van der Waals surface area contributed by atoms with Gasteiger partial charge in [-0.05, 0) is 82.1 Å². The van der Waals surface area contributed by atoms with E-state index in [1.165, 1.54) is 70.3 Å². The van der Waals surface area contributed by atoms with E-state index in [0.717, 1.165) is 38.5 Å². The highest BCUT2D eigenvalue weighted by Gasteiger charge is 2.29.